The fraction of sp³-hybridized carbons (Fsp3) is 0.588. The first-order chi connectivity index (χ1) is 10.7. The standard InChI is InChI=1S/C17H24Cl2N2O2/c1-17(2,3)23-16(22)21-9-4-5-13(8-10-21)20-15-7-6-12(18)11-14(15)19/h6-7,11,13,20H,4-5,8-10H2,1-3H3. The van der Waals surface area contributed by atoms with E-state index in [1.54, 1.807) is 11.0 Å². The van der Waals surface area contributed by atoms with E-state index in [-0.39, 0.29) is 12.1 Å². The van der Waals surface area contributed by atoms with Gasteiger partial charge in [0.2, 0.25) is 0 Å². The van der Waals surface area contributed by atoms with Gasteiger partial charge in [0, 0.05) is 24.2 Å². The predicted octanol–water partition coefficient (Wildman–Crippen LogP) is 5.19. The number of halogens is 2. The minimum atomic E-state index is -0.460. The summed E-state index contributed by atoms with van der Waals surface area (Å²) in [6.45, 7) is 7.06. The minimum absolute atomic E-state index is 0.234. The number of amides is 1. The SMILES string of the molecule is CC(C)(C)OC(=O)N1CCCC(Nc2ccc(Cl)cc2Cl)CC1. The van der Waals surface area contributed by atoms with Gasteiger partial charge < -0.3 is 15.0 Å². The number of benzene rings is 1. The summed E-state index contributed by atoms with van der Waals surface area (Å²) < 4.78 is 5.45. The zero-order valence-corrected chi connectivity index (χ0v) is 15.4. The molecule has 0 radical (unpaired) electrons. The van der Waals surface area contributed by atoms with Gasteiger partial charge in [0.1, 0.15) is 5.60 Å². The molecule has 0 saturated carbocycles. The van der Waals surface area contributed by atoms with Crippen molar-refractivity contribution in [1.29, 1.82) is 0 Å². The van der Waals surface area contributed by atoms with E-state index in [0.29, 0.717) is 16.6 Å². The Morgan fingerprint density at radius 2 is 2.00 bits per heavy atom. The van der Waals surface area contributed by atoms with Crippen LogP contribution in [0.4, 0.5) is 10.5 Å². The zero-order valence-electron chi connectivity index (χ0n) is 13.9. The van der Waals surface area contributed by atoms with Crippen LogP contribution in [0.15, 0.2) is 18.2 Å². The lowest BCUT2D eigenvalue weighted by Crippen LogP contribution is -2.37. The summed E-state index contributed by atoms with van der Waals surface area (Å²) in [7, 11) is 0. The van der Waals surface area contributed by atoms with Crippen LogP contribution in [0.3, 0.4) is 0 Å². The van der Waals surface area contributed by atoms with Gasteiger partial charge in [0.05, 0.1) is 10.7 Å². The number of likely N-dealkylation sites (tertiary alicyclic amines) is 1. The van der Waals surface area contributed by atoms with Gasteiger partial charge in [-0.3, -0.25) is 0 Å². The Balaban J connectivity index is 1.92. The number of nitrogens with one attached hydrogen (secondary N) is 1. The number of ether oxygens (including phenoxy) is 1. The molecule has 0 spiro atoms. The van der Waals surface area contributed by atoms with Gasteiger partial charge in [-0.05, 0) is 58.2 Å². The molecule has 1 amide bonds. The van der Waals surface area contributed by atoms with E-state index in [9.17, 15) is 4.79 Å². The van der Waals surface area contributed by atoms with Gasteiger partial charge in [0.25, 0.3) is 0 Å². The quantitative estimate of drug-likeness (QED) is 0.790. The first-order valence-electron chi connectivity index (χ1n) is 7.94. The van der Waals surface area contributed by atoms with E-state index >= 15 is 0 Å². The predicted molar refractivity (Wildman–Crippen MR) is 95.5 cm³/mol. The van der Waals surface area contributed by atoms with Gasteiger partial charge in [0.15, 0.2) is 0 Å². The van der Waals surface area contributed by atoms with Crippen molar-refractivity contribution in [1.82, 2.24) is 4.90 Å². The highest BCUT2D eigenvalue weighted by Crippen LogP contribution is 2.27. The zero-order chi connectivity index (χ0) is 17.0. The van der Waals surface area contributed by atoms with Gasteiger partial charge in [-0.15, -0.1) is 0 Å². The van der Waals surface area contributed by atoms with E-state index in [2.05, 4.69) is 5.32 Å². The summed E-state index contributed by atoms with van der Waals surface area (Å²) in [5, 5.41) is 4.69. The molecule has 1 aromatic carbocycles. The summed E-state index contributed by atoms with van der Waals surface area (Å²) in [6.07, 6.45) is 2.54. The van der Waals surface area contributed by atoms with E-state index < -0.39 is 5.60 Å². The summed E-state index contributed by atoms with van der Waals surface area (Å²) in [4.78, 5) is 14.0. The molecule has 1 atom stereocenters. The number of anilines is 1. The third kappa shape index (κ3) is 5.78. The Kier molecular flexibility index (Phi) is 6.04. The van der Waals surface area contributed by atoms with Gasteiger partial charge >= 0.3 is 6.09 Å². The van der Waals surface area contributed by atoms with Crippen molar-refractivity contribution in [3.63, 3.8) is 0 Å². The maximum absolute atomic E-state index is 12.2. The highest BCUT2D eigenvalue weighted by atomic mass is 35.5. The molecule has 2 rings (SSSR count). The second-order valence-electron chi connectivity index (χ2n) is 6.86. The molecule has 1 unspecified atom stereocenters. The van der Waals surface area contributed by atoms with Crippen LogP contribution in [0.25, 0.3) is 0 Å². The summed E-state index contributed by atoms with van der Waals surface area (Å²) >= 11 is 12.1. The van der Waals surface area contributed by atoms with Crippen LogP contribution in [-0.4, -0.2) is 35.7 Å². The Morgan fingerprint density at radius 1 is 1.26 bits per heavy atom. The summed E-state index contributed by atoms with van der Waals surface area (Å²) in [5.74, 6) is 0. The van der Waals surface area contributed by atoms with Crippen molar-refractivity contribution >= 4 is 35.0 Å². The Labute approximate surface area is 148 Å². The normalized spacial score (nSPS) is 19.2. The van der Waals surface area contributed by atoms with Crippen molar-refractivity contribution < 1.29 is 9.53 Å². The minimum Gasteiger partial charge on any atom is -0.444 e. The summed E-state index contributed by atoms with van der Waals surface area (Å²) in [6, 6.07) is 5.72. The molecule has 1 fully saturated rings. The molecule has 1 saturated heterocycles. The van der Waals surface area contributed by atoms with Crippen molar-refractivity contribution in [3.05, 3.63) is 28.2 Å². The molecule has 1 aliphatic rings. The van der Waals surface area contributed by atoms with Crippen molar-refractivity contribution in [2.24, 2.45) is 0 Å². The average Bonchev–Trinajstić information content (AvgIpc) is 2.66. The molecule has 4 nitrogen and oxygen atoms in total. The van der Waals surface area contributed by atoms with Crippen LogP contribution >= 0.6 is 23.2 Å². The topological polar surface area (TPSA) is 41.6 Å². The van der Waals surface area contributed by atoms with E-state index in [0.717, 1.165) is 31.5 Å². The van der Waals surface area contributed by atoms with Crippen molar-refractivity contribution in [2.75, 3.05) is 18.4 Å². The maximum Gasteiger partial charge on any atom is 0.410 e. The Morgan fingerprint density at radius 3 is 2.65 bits per heavy atom. The van der Waals surface area contributed by atoms with Crippen molar-refractivity contribution in [3.8, 4) is 0 Å². The Hall–Kier alpha value is -1.13. The lowest BCUT2D eigenvalue weighted by molar-refractivity contribution is 0.0256. The fourth-order valence-corrected chi connectivity index (χ4v) is 3.04. The van der Waals surface area contributed by atoms with E-state index in [1.807, 2.05) is 32.9 Å². The first kappa shape index (κ1) is 18.2. The average molecular weight is 359 g/mol. The molecule has 1 heterocycles. The molecule has 1 aliphatic heterocycles. The van der Waals surface area contributed by atoms with Crippen LogP contribution in [0, 0.1) is 0 Å². The molecule has 0 bridgehead atoms. The largest absolute Gasteiger partial charge is 0.444 e. The molecular formula is C17H24Cl2N2O2. The number of hydrogen-bond donors (Lipinski definition) is 1. The lowest BCUT2D eigenvalue weighted by Gasteiger charge is -2.26. The molecule has 1 N–H and O–H groups in total. The molecular weight excluding hydrogens is 335 g/mol. The second-order valence-corrected chi connectivity index (χ2v) is 7.71. The molecule has 128 valence electrons. The van der Waals surface area contributed by atoms with E-state index in [4.69, 9.17) is 27.9 Å². The molecule has 0 aromatic heterocycles. The monoisotopic (exact) mass is 358 g/mol. The number of rotatable bonds is 2. The number of nitrogens with zero attached hydrogens (tertiary/aromatic N) is 1. The highest BCUT2D eigenvalue weighted by molar-refractivity contribution is 6.36. The smallest absolute Gasteiger partial charge is 0.410 e. The summed E-state index contributed by atoms with van der Waals surface area (Å²) in [5.41, 5.74) is 0.421. The maximum atomic E-state index is 12.2. The Bertz CT molecular complexity index is 558. The third-order valence-electron chi connectivity index (χ3n) is 3.67. The van der Waals surface area contributed by atoms with Crippen LogP contribution in [0.1, 0.15) is 40.0 Å². The van der Waals surface area contributed by atoms with Gasteiger partial charge in [-0.2, -0.15) is 0 Å². The van der Waals surface area contributed by atoms with Crippen molar-refractivity contribution in [2.45, 2.75) is 51.7 Å². The van der Waals surface area contributed by atoms with Crippen LogP contribution in [-0.2, 0) is 4.74 Å². The fourth-order valence-electron chi connectivity index (χ4n) is 2.58. The number of carbonyl (C=O) groups excluding carboxylic acids is 1. The molecule has 0 aliphatic carbocycles. The van der Waals surface area contributed by atoms with Crippen LogP contribution < -0.4 is 5.32 Å². The molecule has 23 heavy (non-hydrogen) atoms. The van der Waals surface area contributed by atoms with Gasteiger partial charge in [-0.1, -0.05) is 23.2 Å². The second kappa shape index (κ2) is 7.63. The highest BCUT2D eigenvalue weighted by Gasteiger charge is 2.25. The third-order valence-corrected chi connectivity index (χ3v) is 4.22. The van der Waals surface area contributed by atoms with E-state index in [1.165, 1.54) is 0 Å². The van der Waals surface area contributed by atoms with Crippen LogP contribution in [0.5, 0.6) is 0 Å². The van der Waals surface area contributed by atoms with Gasteiger partial charge in [-0.25, -0.2) is 4.79 Å². The molecule has 6 heteroatoms. The number of hydrogen-bond acceptors (Lipinski definition) is 3. The first-order valence-corrected chi connectivity index (χ1v) is 8.70. The number of carbonyl (C=O) groups is 1. The van der Waals surface area contributed by atoms with Crippen LogP contribution in [0.2, 0.25) is 10.0 Å². The molecule has 1 aromatic rings. The lowest BCUT2D eigenvalue weighted by atomic mass is 10.1.